The van der Waals surface area contributed by atoms with E-state index in [-0.39, 0.29) is 5.91 Å². The third-order valence-electron chi connectivity index (χ3n) is 3.29. The first-order valence-corrected chi connectivity index (χ1v) is 5.72. The van der Waals surface area contributed by atoms with E-state index >= 15 is 0 Å². The normalized spacial score (nSPS) is 25.1. The molecule has 0 bridgehead atoms. The van der Waals surface area contributed by atoms with Crippen molar-refractivity contribution >= 4 is 11.6 Å². The lowest BCUT2D eigenvalue weighted by Gasteiger charge is -2.21. The summed E-state index contributed by atoms with van der Waals surface area (Å²) in [7, 11) is 1.85. The van der Waals surface area contributed by atoms with Crippen LogP contribution >= 0.6 is 0 Å². The number of amides is 1. The zero-order valence-electron chi connectivity index (χ0n) is 10.1. The molecule has 0 radical (unpaired) electrons. The number of nitrogens with two attached hydrogens (primary N) is 1. The molecule has 2 rings (SSSR count). The van der Waals surface area contributed by atoms with Gasteiger partial charge >= 0.3 is 0 Å². The van der Waals surface area contributed by atoms with Crippen LogP contribution in [0.3, 0.4) is 0 Å². The van der Waals surface area contributed by atoms with Crippen LogP contribution in [0.2, 0.25) is 0 Å². The Kier molecular flexibility index (Phi) is 2.66. The summed E-state index contributed by atoms with van der Waals surface area (Å²) in [6, 6.07) is 2.08. The standard InChI is InChI=1S/C12H19N3O/c1-8-4-9(2)15(6-8)12(16)11-5-10(13)7-14(11)3/h5,7-9H,4,6,13H2,1-3H3. The van der Waals surface area contributed by atoms with E-state index in [1.807, 2.05) is 11.9 Å². The number of rotatable bonds is 1. The number of nitrogen functional groups attached to an aromatic ring is 1. The summed E-state index contributed by atoms with van der Waals surface area (Å²) < 4.78 is 1.80. The number of hydrogen-bond donors (Lipinski definition) is 1. The van der Waals surface area contributed by atoms with Gasteiger partial charge in [0.1, 0.15) is 5.69 Å². The van der Waals surface area contributed by atoms with E-state index in [1.54, 1.807) is 16.8 Å². The molecule has 1 amide bonds. The molecule has 1 aliphatic rings. The Morgan fingerprint density at radius 1 is 1.50 bits per heavy atom. The van der Waals surface area contributed by atoms with Crippen molar-refractivity contribution in [1.29, 1.82) is 0 Å². The summed E-state index contributed by atoms with van der Waals surface area (Å²) in [6.45, 7) is 5.14. The smallest absolute Gasteiger partial charge is 0.270 e. The first kappa shape index (κ1) is 11.0. The van der Waals surface area contributed by atoms with Crippen LogP contribution in [0, 0.1) is 5.92 Å². The van der Waals surface area contributed by atoms with Crippen molar-refractivity contribution in [2.45, 2.75) is 26.3 Å². The van der Waals surface area contributed by atoms with E-state index in [4.69, 9.17) is 5.73 Å². The van der Waals surface area contributed by atoms with E-state index in [0.29, 0.717) is 23.3 Å². The second-order valence-corrected chi connectivity index (χ2v) is 4.92. The van der Waals surface area contributed by atoms with Crippen LogP contribution in [0.4, 0.5) is 5.69 Å². The molecule has 1 aromatic rings. The largest absolute Gasteiger partial charge is 0.397 e. The van der Waals surface area contributed by atoms with Gasteiger partial charge in [-0.3, -0.25) is 4.79 Å². The fourth-order valence-electron chi connectivity index (χ4n) is 2.53. The van der Waals surface area contributed by atoms with Crippen molar-refractivity contribution in [3.8, 4) is 0 Å². The molecule has 1 fully saturated rings. The summed E-state index contributed by atoms with van der Waals surface area (Å²) in [5.41, 5.74) is 7.01. The molecule has 2 N–H and O–H groups in total. The van der Waals surface area contributed by atoms with Gasteiger partial charge in [0.15, 0.2) is 0 Å². The predicted molar refractivity (Wildman–Crippen MR) is 64.1 cm³/mol. The molecule has 4 nitrogen and oxygen atoms in total. The topological polar surface area (TPSA) is 51.3 Å². The molecule has 0 aliphatic carbocycles. The average molecular weight is 221 g/mol. The van der Waals surface area contributed by atoms with Crippen molar-refractivity contribution in [3.63, 3.8) is 0 Å². The molecular formula is C12H19N3O. The number of carbonyl (C=O) groups excluding carboxylic acids is 1. The molecule has 0 spiro atoms. The molecule has 2 atom stereocenters. The van der Waals surface area contributed by atoms with Crippen LogP contribution in [0.25, 0.3) is 0 Å². The minimum atomic E-state index is 0.0936. The highest BCUT2D eigenvalue weighted by Gasteiger charge is 2.31. The Morgan fingerprint density at radius 2 is 2.19 bits per heavy atom. The molecule has 2 heterocycles. The number of anilines is 1. The maximum absolute atomic E-state index is 12.3. The van der Waals surface area contributed by atoms with Gasteiger partial charge in [-0.15, -0.1) is 0 Å². The van der Waals surface area contributed by atoms with Crippen LogP contribution in [-0.4, -0.2) is 28.0 Å². The minimum Gasteiger partial charge on any atom is -0.397 e. The fourth-order valence-corrected chi connectivity index (χ4v) is 2.53. The third-order valence-corrected chi connectivity index (χ3v) is 3.29. The lowest BCUT2D eigenvalue weighted by atomic mass is 10.1. The highest BCUT2D eigenvalue weighted by molar-refractivity contribution is 5.94. The highest BCUT2D eigenvalue weighted by Crippen LogP contribution is 2.24. The average Bonchev–Trinajstić information content (AvgIpc) is 2.68. The van der Waals surface area contributed by atoms with E-state index in [2.05, 4.69) is 13.8 Å². The summed E-state index contributed by atoms with van der Waals surface area (Å²) in [5.74, 6) is 0.688. The van der Waals surface area contributed by atoms with Crippen LogP contribution in [0.15, 0.2) is 12.3 Å². The van der Waals surface area contributed by atoms with Crippen LogP contribution < -0.4 is 5.73 Å². The van der Waals surface area contributed by atoms with Crippen LogP contribution in [-0.2, 0) is 7.05 Å². The van der Waals surface area contributed by atoms with Gasteiger partial charge in [-0.2, -0.15) is 0 Å². The van der Waals surface area contributed by atoms with E-state index in [9.17, 15) is 4.79 Å². The van der Waals surface area contributed by atoms with Gasteiger partial charge in [0.05, 0.1) is 5.69 Å². The lowest BCUT2D eigenvalue weighted by molar-refractivity contribution is 0.0734. The Labute approximate surface area is 96.0 Å². The summed E-state index contributed by atoms with van der Waals surface area (Å²) in [5, 5.41) is 0. The van der Waals surface area contributed by atoms with Crippen LogP contribution in [0.1, 0.15) is 30.8 Å². The Hall–Kier alpha value is -1.45. The fraction of sp³-hybridized carbons (Fsp3) is 0.583. The van der Waals surface area contributed by atoms with Gasteiger partial charge in [0, 0.05) is 25.8 Å². The van der Waals surface area contributed by atoms with Gasteiger partial charge in [-0.25, -0.2) is 0 Å². The summed E-state index contributed by atoms with van der Waals surface area (Å²) >= 11 is 0. The minimum absolute atomic E-state index is 0.0936. The summed E-state index contributed by atoms with van der Waals surface area (Å²) in [6.07, 6.45) is 2.86. The molecule has 4 heteroatoms. The number of nitrogens with zero attached hydrogens (tertiary/aromatic N) is 2. The molecule has 0 aromatic carbocycles. The Morgan fingerprint density at radius 3 is 2.62 bits per heavy atom. The molecule has 1 saturated heterocycles. The van der Waals surface area contributed by atoms with E-state index in [0.717, 1.165) is 13.0 Å². The molecule has 1 aliphatic heterocycles. The predicted octanol–water partition coefficient (Wildman–Crippen LogP) is 1.48. The highest BCUT2D eigenvalue weighted by atomic mass is 16.2. The second kappa shape index (κ2) is 3.85. The number of likely N-dealkylation sites (tertiary alicyclic amines) is 1. The molecule has 2 unspecified atom stereocenters. The first-order chi connectivity index (χ1) is 7.49. The quantitative estimate of drug-likeness (QED) is 0.781. The Balaban J connectivity index is 2.22. The first-order valence-electron chi connectivity index (χ1n) is 5.72. The second-order valence-electron chi connectivity index (χ2n) is 4.92. The molecule has 88 valence electrons. The molecule has 1 aromatic heterocycles. The Bertz CT molecular complexity index is 410. The number of aryl methyl sites for hydroxylation is 1. The van der Waals surface area contributed by atoms with E-state index in [1.165, 1.54) is 0 Å². The zero-order chi connectivity index (χ0) is 11.9. The van der Waals surface area contributed by atoms with E-state index < -0.39 is 0 Å². The summed E-state index contributed by atoms with van der Waals surface area (Å²) in [4.78, 5) is 14.2. The van der Waals surface area contributed by atoms with Crippen molar-refractivity contribution in [2.24, 2.45) is 13.0 Å². The lowest BCUT2D eigenvalue weighted by Crippen LogP contribution is -2.34. The van der Waals surface area contributed by atoms with Gasteiger partial charge < -0.3 is 15.2 Å². The van der Waals surface area contributed by atoms with Crippen molar-refractivity contribution in [1.82, 2.24) is 9.47 Å². The van der Waals surface area contributed by atoms with Gasteiger partial charge in [0.2, 0.25) is 0 Å². The molecule has 16 heavy (non-hydrogen) atoms. The molecule has 0 saturated carbocycles. The van der Waals surface area contributed by atoms with Gasteiger partial charge in [-0.05, 0) is 25.3 Å². The third kappa shape index (κ3) is 1.79. The number of hydrogen-bond acceptors (Lipinski definition) is 2. The number of carbonyl (C=O) groups is 1. The van der Waals surface area contributed by atoms with Crippen LogP contribution in [0.5, 0.6) is 0 Å². The van der Waals surface area contributed by atoms with Gasteiger partial charge in [-0.1, -0.05) is 6.92 Å². The maximum atomic E-state index is 12.3. The van der Waals surface area contributed by atoms with Crippen molar-refractivity contribution in [2.75, 3.05) is 12.3 Å². The zero-order valence-corrected chi connectivity index (χ0v) is 10.1. The van der Waals surface area contributed by atoms with Gasteiger partial charge in [0.25, 0.3) is 5.91 Å². The molecular weight excluding hydrogens is 202 g/mol. The SMILES string of the molecule is CC1CC(C)N(C(=O)c2cc(N)cn2C)C1. The number of aromatic nitrogens is 1. The van der Waals surface area contributed by atoms with Crippen molar-refractivity contribution < 1.29 is 4.79 Å². The maximum Gasteiger partial charge on any atom is 0.270 e. The van der Waals surface area contributed by atoms with Crippen molar-refractivity contribution in [3.05, 3.63) is 18.0 Å². The monoisotopic (exact) mass is 221 g/mol.